The summed E-state index contributed by atoms with van der Waals surface area (Å²) in [5.41, 5.74) is 2.44. The van der Waals surface area contributed by atoms with Crippen LogP contribution in [0.3, 0.4) is 0 Å². The molecule has 1 aliphatic rings. The Balaban J connectivity index is 1.84. The molecule has 1 heterocycles. The Morgan fingerprint density at radius 2 is 2.12 bits per heavy atom. The first-order valence-corrected chi connectivity index (χ1v) is 9.17. The first-order chi connectivity index (χ1) is 12.5. The van der Waals surface area contributed by atoms with Crippen molar-refractivity contribution >= 4 is 46.2 Å². The van der Waals surface area contributed by atoms with E-state index in [9.17, 15) is 9.90 Å². The van der Waals surface area contributed by atoms with E-state index in [1.165, 1.54) is 11.8 Å². The van der Waals surface area contributed by atoms with E-state index < -0.39 is 0 Å². The molecular formula is C19H17ClN2O3S. The number of aromatic hydroxyl groups is 1. The van der Waals surface area contributed by atoms with Crippen molar-refractivity contribution in [1.29, 1.82) is 0 Å². The van der Waals surface area contributed by atoms with Crippen LogP contribution in [-0.4, -0.2) is 22.8 Å². The number of rotatable bonds is 4. The Labute approximate surface area is 160 Å². The fourth-order valence-electron chi connectivity index (χ4n) is 2.38. The lowest BCUT2D eigenvalue weighted by atomic mass is 10.2. The van der Waals surface area contributed by atoms with Crippen molar-refractivity contribution in [2.45, 2.75) is 13.8 Å². The Morgan fingerprint density at radius 3 is 2.85 bits per heavy atom. The number of benzene rings is 2. The number of phenolic OH excluding ortho intramolecular Hbond substituents is 1. The molecule has 7 heteroatoms. The highest BCUT2D eigenvalue weighted by Gasteiger charge is 2.24. The third-order valence-corrected chi connectivity index (χ3v) is 4.76. The first kappa shape index (κ1) is 18.4. The zero-order valence-corrected chi connectivity index (χ0v) is 15.8. The van der Waals surface area contributed by atoms with Gasteiger partial charge in [0.1, 0.15) is 0 Å². The molecule has 3 rings (SSSR count). The lowest BCUT2D eigenvalue weighted by Crippen LogP contribution is -2.19. The number of nitrogens with one attached hydrogen (secondary N) is 1. The van der Waals surface area contributed by atoms with Gasteiger partial charge in [0, 0.05) is 5.02 Å². The molecule has 26 heavy (non-hydrogen) atoms. The number of aryl methyl sites for hydroxylation is 1. The molecule has 0 atom stereocenters. The molecule has 0 saturated carbocycles. The predicted molar refractivity (Wildman–Crippen MR) is 106 cm³/mol. The van der Waals surface area contributed by atoms with Crippen molar-refractivity contribution < 1.29 is 14.6 Å². The van der Waals surface area contributed by atoms with Gasteiger partial charge >= 0.3 is 0 Å². The number of halogens is 1. The summed E-state index contributed by atoms with van der Waals surface area (Å²) in [5, 5.41) is 13.7. The van der Waals surface area contributed by atoms with Gasteiger partial charge in [-0.1, -0.05) is 17.7 Å². The standard InChI is InChI=1S/C19H17ClN2O3S/c1-3-25-16-9-12(4-7-15(16)23)10-17-18(24)22-19(26-17)21-14-6-5-13(20)8-11(14)2/h4-10,23H,3H2,1-2H3,(H,21,22,24)/b17-10-. The minimum Gasteiger partial charge on any atom is -0.504 e. The van der Waals surface area contributed by atoms with Gasteiger partial charge < -0.3 is 15.2 Å². The maximum Gasteiger partial charge on any atom is 0.264 e. The van der Waals surface area contributed by atoms with Crippen molar-refractivity contribution in [2.75, 3.05) is 6.61 Å². The monoisotopic (exact) mass is 388 g/mol. The van der Waals surface area contributed by atoms with Gasteiger partial charge in [-0.2, -0.15) is 0 Å². The van der Waals surface area contributed by atoms with E-state index in [0.717, 1.165) is 16.8 Å². The summed E-state index contributed by atoms with van der Waals surface area (Å²) in [6.45, 7) is 4.20. The molecule has 5 nitrogen and oxygen atoms in total. The van der Waals surface area contributed by atoms with Crippen LogP contribution in [0.15, 0.2) is 46.3 Å². The number of thioether (sulfide) groups is 1. The average molecular weight is 389 g/mol. The van der Waals surface area contributed by atoms with Gasteiger partial charge in [-0.3, -0.25) is 4.79 Å². The lowest BCUT2D eigenvalue weighted by Gasteiger charge is -2.06. The van der Waals surface area contributed by atoms with Crippen LogP contribution in [0.1, 0.15) is 18.1 Å². The molecule has 0 spiro atoms. The minimum absolute atomic E-state index is 0.0676. The highest BCUT2D eigenvalue weighted by atomic mass is 35.5. The fraction of sp³-hybridized carbons (Fsp3) is 0.158. The number of hydrogen-bond donors (Lipinski definition) is 2. The highest BCUT2D eigenvalue weighted by molar-refractivity contribution is 8.18. The predicted octanol–water partition coefficient (Wildman–Crippen LogP) is 4.64. The van der Waals surface area contributed by atoms with E-state index in [0.29, 0.717) is 27.5 Å². The third-order valence-electron chi connectivity index (χ3n) is 3.61. The Morgan fingerprint density at radius 1 is 1.31 bits per heavy atom. The normalized spacial score (nSPS) is 17.0. The Bertz CT molecular complexity index is 925. The number of aliphatic imine (C=N–C) groups is 1. The van der Waals surface area contributed by atoms with Gasteiger partial charge in [0.05, 0.1) is 17.2 Å². The molecule has 0 bridgehead atoms. The van der Waals surface area contributed by atoms with Crippen molar-refractivity contribution in [3.05, 3.63) is 57.5 Å². The van der Waals surface area contributed by atoms with Gasteiger partial charge in [-0.25, -0.2) is 4.99 Å². The fourth-order valence-corrected chi connectivity index (χ4v) is 3.44. The molecule has 2 N–H and O–H groups in total. The molecular weight excluding hydrogens is 372 g/mol. The molecule has 1 aliphatic heterocycles. The van der Waals surface area contributed by atoms with Crippen molar-refractivity contribution in [1.82, 2.24) is 5.32 Å². The topological polar surface area (TPSA) is 70.9 Å². The molecule has 2 aromatic rings. The van der Waals surface area contributed by atoms with Crippen molar-refractivity contribution in [3.8, 4) is 11.5 Å². The second-order valence-corrected chi connectivity index (χ2v) is 7.04. The first-order valence-electron chi connectivity index (χ1n) is 7.98. The van der Waals surface area contributed by atoms with E-state index in [2.05, 4.69) is 10.3 Å². The highest BCUT2D eigenvalue weighted by Crippen LogP contribution is 2.32. The SMILES string of the molecule is CCOc1cc(/C=C2\SC(=Nc3ccc(Cl)cc3C)NC2=O)ccc1O. The van der Waals surface area contributed by atoms with E-state index >= 15 is 0 Å². The smallest absolute Gasteiger partial charge is 0.264 e. The molecule has 0 unspecified atom stereocenters. The summed E-state index contributed by atoms with van der Waals surface area (Å²) in [6, 6.07) is 10.4. The molecule has 0 radical (unpaired) electrons. The van der Waals surface area contributed by atoms with Crippen molar-refractivity contribution in [2.24, 2.45) is 4.99 Å². The largest absolute Gasteiger partial charge is 0.504 e. The minimum atomic E-state index is -0.216. The van der Waals surface area contributed by atoms with Crippen LogP contribution in [0.25, 0.3) is 6.08 Å². The zero-order valence-electron chi connectivity index (χ0n) is 14.2. The number of nitrogens with zero attached hydrogens (tertiary/aromatic N) is 1. The van der Waals surface area contributed by atoms with E-state index in [-0.39, 0.29) is 11.7 Å². The summed E-state index contributed by atoms with van der Waals surface area (Å²) in [5.74, 6) is 0.236. The molecule has 1 amide bonds. The quantitative estimate of drug-likeness (QED) is 0.748. The lowest BCUT2D eigenvalue weighted by molar-refractivity contribution is -0.115. The summed E-state index contributed by atoms with van der Waals surface area (Å²) in [6.07, 6.45) is 1.74. The van der Waals surface area contributed by atoms with Gasteiger partial charge in [0.25, 0.3) is 5.91 Å². The third kappa shape index (κ3) is 4.20. The van der Waals surface area contributed by atoms with E-state index in [1.807, 2.05) is 26.0 Å². The van der Waals surface area contributed by atoms with Gasteiger partial charge in [0.2, 0.25) is 0 Å². The second-order valence-electron chi connectivity index (χ2n) is 5.57. The second kappa shape index (κ2) is 7.85. The summed E-state index contributed by atoms with van der Waals surface area (Å²) in [7, 11) is 0. The van der Waals surface area contributed by atoms with Crippen LogP contribution in [0, 0.1) is 6.92 Å². The van der Waals surface area contributed by atoms with Crippen LogP contribution < -0.4 is 10.1 Å². The van der Waals surface area contributed by atoms with Gasteiger partial charge in [-0.05, 0) is 73.1 Å². The summed E-state index contributed by atoms with van der Waals surface area (Å²) < 4.78 is 5.37. The molecule has 1 fully saturated rings. The zero-order chi connectivity index (χ0) is 18.7. The molecule has 0 aromatic heterocycles. The van der Waals surface area contributed by atoms with Crippen LogP contribution in [-0.2, 0) is 4.79 Å². The Hall–Kier alpha value is -2.44. The molecule has 0 aliphatic carbocycles. The number of carbonyl (C=O) groups excluding carboxylic acids is 1. The maximum absolute atomic E-state index is 12.2. The van der Waals surface area contributed by atoms with Crippen LogP contribution in [0.4, 0.5) is 5.69 Å². The molecule has 1 saturated heterocycles. The Kier molecular flexibility index (Phi) is 5.54. The van der Waals surface area contributed by atoms with Crippen LogP contribution in [0.5, 0.6) is 11.5 Å². The average Bonchev–Trinajstić information content (AvgIpc) is 2.93. The molecule has 2 aromatic carbocycles. The number of amidine groups is 1. The maximum atomic E-state index is 12.2. The van der Waals surface area contributed by atoms with E-state index in [4.69, 9.17) is 16.3 Å². The van der Waals surface area contributed by atoms with Gasteiger partial charge in [-0.15, -0.1) is 0 Å². The summed E-state index contributed by atoms with van der Waals surface area (Å²) >= 11 is 7.21. The summed E-state index contributed by atoms with van der Waals surface area (Å²) in [4.78, 5) is 17.2. The number of ether oxygens (including phenoxy) is 1. The number of hydrogen-bond acceptors (Lipinski definition) is 5. The number of amides is 1. The van der Waals surface area contributed by atoms with Crippen LogP contribution >= 0.6 is 23.4 Å². The molecule has 134 valence electrons. The number of phenols is 1. The van der Waals surface area contributed by atoms with Gasteiger partial charge in [0.15, 0.2) is 16.7 Å². The van der Waals surface area contributed by atoms with E-state index in [1.54, 1.807) is 30.3 Å². The van der Waals surface area contributed by atoms with Crippen LogP contribution in [0.2, 0.25) is 5.02 Å². The number of carbonyl (C=O) groups is 1. The van der Waals surface area contributed by atoms with Crippen molar-refractivity contribution in [3.63, 3.8) is 0 Å².